The summed E-state index contributed by atoms with van der Waals surface area (Å²) in [6, 6.07) is 18.5. The van der Waals surface area contributed by atoms with Crippen LogP contribution in [0.25, 0.3) is 10.4 Å². The van der Waals surface area contributed by atoms with Gasteiger partial charge in [-0.3, -0.25) is 20.4 Å². The van der Waals surface area contributed by atoms with Gasteiger partial charge in [-0.05, 0) is 42.0 Å². The van der Waals surface area contributed by atoms with Gasteiger partial charge in [0.2, 0.25) is 6.10 Å². The van der Waals surface area contributed by atoms with Gasteiger partial charge in [0.25, 0.3) is 11.8 Å². The number of fused-ring (bicyclic) bond motifs is 1. The molecule has 2 heterocycles. The monoisotopic (exact) mass is 458 g/mol. The highest BCUT2D eigenvalue weighted by molar-refractivity contribution is 9.10. The van der Waals surface area contributed by atoms with Crippen LogP contribution in [-0.2, 0) is 4.79 Å². The van der Waals surface area contributed by atoms with Crippen molar-refractivity contribution in [3.8, 4) is 21.9 Å². The molecular weight excluding hydrogens is 444 g/mol. The van der Waals surface area contributed by atoms with E-state index in [-0.39, 0.29) is 12.5 Å². The fraction of sp³-hybridized carbons (Fsp3) is 0.100. The minimum absolute atomic E-state index is 0.0748. The first-order valence-corrected chi connectivity index (χ1v) is 10.1. The molecule has 0 aliphatic carbocycles. The summed E-state index contributed by atoms with van der Waals surface area (Å²) in [5.74, 6) is 0.221. The van der Waals surface area contributed by atoms with E-state index < -0.39 is 12.0 Å². The largest absolute Gasteiger partial charge is 0.485 e. The van der Waals surface area contributed by atoms with Crippen molar-refractivity contribution < 1.29 is 19.1 Å². The van der Waals surface area contributed by atoms with Crippen molar-refractivity contribution in [1.29, 1.82) is 0 Å². The molecule has 0 spiro atoms. The molecule has 0 fully saturated rings. The van der Waals surface area contributed by atoms with Gasteiger partial charge >= 0.3 is 0 Å². The van der Waals surface area contributed by atoms with Gasteiger partial charge in [0, 0.05) is 9.35 Å². The Bertz CT molecular complexity index is 1020. The van der Waals surface area contributed by atoms with Crippen LogP contribution in [0.5, 0.6) is 11.5 Å². The normalized spacial score (nSPS) is 15.0. The zero-order valence-electron chi connectivity index (χ0n) is 14.5. The number of carbonyl (C=O) groups excluding carboxylic acids is 2. The summed E-state index contributed by atoms with van der Waals surface area (Å²) in [5, 5.41) is 0. The third-order valence-corrected chi connectivity index (χ3v) is 5.72. The third kappa shape index (κ3) is 4.02. The Morgan fingerprint density at radius 3 is 2.50 bits per heavy atom. The van der Waals surface area contributed by atoms with Crippen LogP contribution >= 0.6 is 27.3 Å². The molecule has 0 saturated carbocycles. The van der Waals surface area contributed by atoms with Gasteiger partial charge in [0.05, 0.1) is 4.88 Å². The summed E-state index contributed by atoms with van der Waals surface area (Å²) in [7, 11) is 0. The maximum Gasteiger partial charge on any atom is 0.283 e. The molecule has 8 heteroatoms. The molecule has 0 radical (unpaired) electrons. The lowest BCUT2D eigenvalue weighted by Gasteiger charge is -2.25. The number of thiophene rings is 1. The highest BCUT2D eigenvalue weighted by Crippen LogP contribution is 2.31. The summed E-state index contributed by atoms with van der Waals surface area (Å²) in [6.45, 7) is 0.0748. The molecule has 1 aliphatic heterocycles. The fourth-order valence-electron chi connectivity index (χ4n) is 2.64. The molecule has 0 saturated heterocycles. The molecule has 1 aromatic heterocycles. The zero-order valence-corrected chi connectivity index (χ0v) is 16.9. The van der Waals surface area contributed by atoms with Crippen LogP contribution in [0.15, 0.2) is 65.1 Å². The summed E-state index contributed by atoms with van der Waals surface area (Å²) < 4.78 is 12.1. The van der Waals surface area contributed by atoms with E-state index in [0.29, 0.717) is 16.4 Å². The number of hydrazine groups is 1. The molecule has 1 unspecified atom stereocenters. The Hall–Kier alpha value is -2.84. The molecule has 2 amide bonds. The van der Waals surface area contributed by atoms with Crippen molar-refractivity contribution >= 4 is 39.1 Å². The summed E-state index contributed by atoms with van der Waals surface area (Å²) >= 11 is 4.75. The Labute approximate surface area is 173 Å². The van der Waals surface area contributed by atoms with Crippen molar-refractivity contribution in [2.45, 2.75) is 6.10 Å². The number of ether oxygens (including phenoxy) is 2. The second-order valence-corrected chi connectivity index (χ2v) is 7.98. The molecule has 3 aromatic rings. The molecule has 2 N–H and O–H groups in total. The average Bonchev–Trinajstić information content (AvgIpc) is 3.22. The molecule has 6 nitrogen and oxygen atoms in total. The lowest BCUT2D eigenvalue weighted by atomic mass is 10.2. The van der Waals surface area contributed by atoms with Crippen LogP contribution in [-0.4, -0.2) is 24.5 Å². The molecule has 28 heavy (non-hydrogen) atoms. The number of carbonyl (C=O) groups is 2. The number of hydrogen-bond donors (Lipinski definition) is 2. The highest BCUT2D eigenvalue weighted by atomic mass is 79.9. The lowest BCUT2D eigenvalue weighted by Crippen LogP contribution is -2.50. The van der Waals surface area contributed by atoms with E-state index in [2.05, 4.69) is 26.8 Å². The Morgan fingerprint density at radius 2 is 1.71 bits per heavy atom. The maximum absolute atomic E-state index is 12.3. The molecule has 1 aliphatic rings. The zero-order chi connectivity index (χ0) is 19.5. The predicted molar refractivity (Wildman–Crippen MR) is 109 cm³/mol. The first kappa shape index (κ1) is 18.5. The van der Waals surface area contributed by atoms with Crippen LogP contribution < -0.4 is 20.3 Å². The van der Waals surface area contributed by atoms with Crippen molar-refractivity contribution in [1.82, 2.24) is 10.9 Å². The predicted octanol–water partition coefficient (Wildman–Crippen LogP) is 3.78. The van der Waals surface area contributed by atoms with E-state index in [1.807, 2.05) is 36.4 Å². The van der Waals surface area contributed by atoms with Gasteiger partial charge in [0.1, 0.15) is 6.61 Å². The first-order valence-electron chi connectivity index (χ1n) is 8.44. The van der Waals surface area contributed by atoms with E-state index in [4.69, 9.17) is 9.47 Å². The van der Waals surface area contributed by atoms with E-state index >= 15 is 0 Å². The molecule has 0 bridgehead atoms. The lowest BCUT2D eigenvalue weighted by molar-refractivity contribution is -0.131. The van der Waals surface area contributed by atoms with Crippen molar-refractivity contribution in [2.24, 2.45) is 0 Å². The molecule has 142 valence electrons. The minimum atomic E-state index is -0.836. The summed E-state index contributed by atoms with van der Waals surface area (Å²) in [4.78, 5) is 26.1. The van der Waals surface area contributed by atoms with Crippen LogP contribution in [0.4, 0.5) is 0 Å². The quantitative estimate of drug-likeness (QED) is 0.585. The minimum Gasteiger partial charge on any atom is -0.485 e. The molecule has 1 atom stereocenters. The van der Waals surface area contributed by atoms with Crippen LogP contribution in [0.2, 0.25) is 0 Å². The fourth-order valence-corrected chi connectivity index (χ4v) is 3.81. The highest BCUT2D eigenvalue weighted by Gasteiger charge is 2.27. The van der Waals surface area contributed by atoms with Gasteiger partial charge in [0.15, 0.2) is 11.5 Å². The Balaban J connectivity index is 1.34. The molecule has 4 rings (SSSR count). The number of rotatable bonds is 3. The van der Waals surface area contributed by atoms with Crippen LogP contribution in [0, 0.1) is 0 Å². The number of para-hydroxylation sites is 2. The van der Waals surface area contributed by atoms with Gasteiger partial charge in [-0.15, -0.1) is 11.3 Å². The van der Waals surface area contributed by atoms with E-state index in [1.165, 1.54) is 11.3 Å². The van der Waals surface area contributed by atoms with Crippen molar-refractivity contribution in [3.05, 3.63) is 70.0 Å². The van der Waals surface area contributed by atoms with Crippen molar-refractivity contribution in [2.75, 3.05) is 6.61 Å². The standard InChI is InChI=1S/C20H15BrN2O4S/c21-13-7-5-12(6-8-13)17-9-10-18(28-17)20(25)23-22-19(24)16-11-26-14-3-1-2-4-15(14)27-16/h1-10,16H,11H2,(H,22,24)(H,23,25). The number of benzene rings is 2. The third-order valence-electron chi connectivity index (χ3n) is 4.06. The van der Waals surface area contributed by atoms with E-state index in [9.17, 15) is 9.59 Å². The Morgan fingerprint density at radius 1 is 0.964 bits per heavy atom. The summed E-state index contributed by atoms with van der Waals surface area (Å²) in [6.07, 6.45) is -0.836. The maximum atomic E-state index is 12.3. The van der Waals surface area contributed by atoms with Crippen molar-refractivity contribution in [3.63, 3.8) is 0 Å². The number of halogens is 1. The second-order valence-electron chi connectivity index (χ2n) is 5.98. The smallest absolute Gasteiger partial charge is 0.283 e. The van der Waals surface area contributed by atoms with Gasteiger partial charge in [-0.1, -0.05) is 40.2 Å². The SMILES string of the molecule is O=C(NNC(=O)C1COc2ccccc2O1)c1ccc(-c2ccc(Br)cc2)s1. The summed E-state index contributed by atoms with van der Waals surface area (Å²) in [5.41, 5.74) is 5.83. The number of hydrogen-bond acceptors (Lipinski definition) is 5. The topological polar surface area (TPSA) is 76.7 Å². The second kappa shape index (κ2) is 8.04. The first-order chi connectivity index (χ1) is 13.6. The van der Waals surface area contributed by atoms with Crippen LogP contribution in [0.1, 0.15) is 9.67 Å². The van der Waals surface area contributed by atoms with Gasteiger partial charge in [-0.25, -0.2) is 0 Å². The number of nitrogens with one attached hydrogen (secondary N) is 2. The Kier molecular flexibility index (Phi) is 5.31. The number of amides is 2. The molecule has 2 aromatic carbocycles. The van der Waals surface area contributed by atoms with Gasteiger partial charge < -0.3 is 9.47 Å². The van der Waals surface area contributed by atoms with Crippen LogP contribution in [0.3, 0.4) is 0 Å². The van der Waals surface area contributed by atoms with Gasteiger partial charge in [-0.2, -0.15) is 0 Å². The average molecular weight is 459 g/mol. The van der Waals surface area contributed by atoms with E-state index in [0.717, 1.165) is 14.9 Å². The van der Waals surface area contributed by atoms with E-state index in [1.54, 1.807) is 24.3 Å². The molecular formula is C20H15BrN2O4S.